The molecule has 0 amide bonds. The third kappa shape index (κ3) is 11.4. The number of hydrogen-bond acceptors (Lipinski definition) is 3. The van der Waals surface area contributed by atoms with E-state index in [4.69, 9.17) is 9.84 Å². The van der Waals surface area contributed by atoms with Crippen molar-refractivity contribution in [1.82, 2.24) is 0 Å². The van der Waals surface area contributed by atoms with Crippen molar-refractivity contribution >= 4 is 12.0 Å². The highest BCUT2D eigenvalue weighted by atomic mass is 16.5. The van der Waals surface area contributed by atoms with Crippen molar-refractivity contribution in [3.63, 3.8) is 0 Å². The lowest BCUT2D eigenvalue weighted by atomic mass is 10.0. The molecule has 0 aliphatic rings. The predicted octanol–water partition coefficient (Wildman–Crippen LogP) is 5.86. The number of rotatable bonds is 14. The molecule has 0 radical (unpaired) electrons. The first-order valence-electron chi connectivity index (χ1n) is 10.4. The van der Waals surface area contributed by atoms with Crippen LogP contribution in [0.1, 0.15) is 76.3 Å². The van der Waals surface area contributed by atoms with Crippen LogP contribution in [0.5, 0.6) is 0 Å². The molecule has 1 atom stereocenters. The predicted molar refractivity (Wildman–Crippen MR) is 114 cm³/mol. The standard InChI is InChI=1S/C24H36O3/c1-3-4-5-8-18-24(27-21(2)26)19-12-11-17-23-16-10-9-15-22(23)14-7-6-13-20-25/h9-12,15-17,19,24-25H,3-8,13-14,18,20H2,1-2H3/b17-11+,19-12+/t24-/m0/s1. The van der Waals surface area contributed by atoms with Crippen LogP contribution >= 0.6 is 0 Å². The Labute approximate surface area is 165 Å². The number of hydrogen-bond donors (Lipinski definition) is 1. The maximum absolute atomic E-state index is 11.3. The van der Waals surface area contributed by atoms with Gasteiger partial charge < -0.3 is 9.84 Å². The number of aliphatic hydroxyl groups excluding tert-OH is 1. The van der Waals surface area contributed by atoms with Gasteiger partial charge in [0.05, 0.1) is 0 Å². The van der Waals surface area contributed by atoms with Crippen LogP contribution in [0, 0.1) is 0 Å². The fourth-order valence-corrected chi connectivity index (χ4v) is 3.06. The van der Waals surface area contributed by atoms with E-state index in [1.54, 1.807) is 0 Å². The molecule has 150 valence electrons. The van der Waals surface area contributed by atoms with Crippen LogP contribution in [-0.2, 0) is 16.0 Å². The smallest absolute Gasteiger partial charge is 0.303 e. The lowest BCUT2D eigenvalue weighted by Gasteiger charge is -2.12. The summed E-state index contributed by atoms with van der Waals surface area (Å²) in [4.78, 5) is 11.3. The van der Waals surface area contributed by atoms with Crippen LogP contribution < -0.4 is 0 Å². The van der Waals surface area contributed by atoms with Gasteiger partial charge in [-0.05, 0) is 49.3 Å². The van der Waals surface area contributed by atoms with Crippen molar-refractivity contribution < 1.29 is 14.6 Å². The second-order valence-electron chi connectivity index (χ2n) is 6.97. The number of ether oxygens (including phenoxy) is 1. The Balaban J connectivity index is 2.59. The van der Waals surface area contributed by atoms with E-state index in [0.717, 1.165) is 38.5 Å². The van der Waals surface area contributed by atoms with Crippen LogP contribution in [0.25, 0.3) is 6.08 Å². The maximum atomic E-state index is 11.3. The zero-order chi connectivity index (χ0) is 19.7. The first-order valence-corrected chi connectivity index (χ1v) is 10.4. The summed E-state index contributed by atoms with van der Waals surface area (Å²) in [5, 5.41) is 8.89. The molecule has 0 aliphatic carbocycles. The Hall–Kier alpha value is -1.87. The van der Waals surface area contributed by atoms with E-state index >= 15 is 0 Å². The average molecular weight is 373 g/mol. The van der Waals surface area contributed by atoms with E-state index in [0.29, 0.717) is 0 Å². The number of unbranched alkanes of at least 4 members (excludes halogenated alkanes) is 5. The molecule has 1 rings (SSSR count). The van der Waals surface area contributed by atoms with Gasteiger partial charge in [0.25, 0.3) is 0 Å². The van der Waals surface area contributed by atoms with Crippen molar-refractivity contribution in [2.24, 2.45) is 0 Å². The van der Waals surface area contributed by atoms with Crippen molar-refractivity contribution in [3.8, 4) is 0 Å². The molecule has 0 fully saturated rings. The van der Waals surface area contributed by atoms with Gasteiger partial charge in [-0.2, -0.15) is 0 Å². The second-order valence-corrected chi connectivity index (χ2v) is 6.97. The molecule has 0 saturated carbocycles. The highest BCUT2D eigenvalue weighted by Crippen LogP contribution is 2.15. The number of allylic oxidation sites excluding steroid dienone is 2. The molecule has 0 aliphatic heterocycles. The van der Waals surface area contributed by atoms with E-state index in [2.05, 4.69) is 37.3 Å². The van der Waals surface area contributed by atoms with Crippen LogP contribution in [0.4, 0.5) is 0 Å². The summed E-state index contributed by atoms with van der Waals surface area (Å²) in [5.74, 6) is -0.225. The van der Waals surface area contributed by atoms with E-state index in [1.165, 1.54) is 37.3 Å². The maximum Gasteiger partial charge on any atom is 0.303 e. The number of esters is 1. The molecule has 3 heteroatoms. The molecule has 1 aromatic rings. The number of aryl methyl sites for hydroxylation is 1. The minimum atomic E-state index is -0.225. The zero-order valence-electron chi connectivity index (χ0n) is 17.0. The molecule has 0 saturated heterocycles. The Bertz CT molecular complexity index is 575. The molecule has 0 bridgehead atoms. The lowest BCUT2D eigenvalue weighted by molar-refractivity contribution is -0.144. The van der Waals surface area contributed by atoms with E-state index in [9.17, 15) is 4.79 Å². The molecule has 1 N–H and O–H groups in total. The van der Waals surface area contributed by atoms with Crippen LogP contribution in [0.3, 0.4) is 0 Å². The summed E-state index contributed by atoms with van der Waals surface area (Å²) in [6.07, 6.45) is 17.6. The van der Waals surface area contributed by atoms with Gasteiger partial charge in [0, 0.05) is 13.5 Å². The minimum absolute atomic E-state index is 0.141. The van der Waals surface area contributed by atoms with Gasteiger partial charge in [-0.15, -0.1) is 0 Å². The first kappa shape index (κ1) is 23.2. The Kier molecular flexibility index (Phi) is 13.1. The van der Waals surface area contributed by atoms with Crippen LogP contribution in [-0.4, -0.2) is 23.8 Å². The lowest BCUT2D eigenvalue weighted by Crippen LogP contribution is -2.13. The summed E-state index contributed by atoms with van der Waals surface area (Å²) < 4.78 is 5.40. The summed E-state index contributed by atoms with van der Waals surface area (Å²) in [6, 6.07) is 8.41. The quantitative estimate of drug-likeness (QED) is 0.253. The topological polar surface area (TPSA) is 46.5 Å². The molecule has 0 spiro atoms. The van der Waals surface area contributed by atoms with Crippen LogP contribution in [0.15, 0.2) is 42.5 Å². The number of carbonyl (C=O) groups excluding carboxylic acids is 1. The van der Waals surface area contributed by atoms with Crippen molar-refractivity contribution in [2.45, 2.75) is 77.7 Å². The van der Waals surface area contributed by atoms with Gasteiger partial charge in [0.15, 0.2) is 0 Å². The zero-order valence-corrected chi connectivity index (χ0v) is 17.0. The molecule has 0 heterocycles. The van der Waals surface area contributed by atoms with Gasteiger partial charge in [0.1, 0.15) is 6.10 Å². The van der Waals surface area contributed by atoms with E-state index < -0.39 is 0 Å². The fourth-order valence-electron chi connectivity index (χ4n) is 3.06. The van der Waals surface area contributed by atoms with E-state index in [-0.39, 0.29) is 18.7 Å². The molecule has 0 unspecified atom stereocenters. The number of aliphatic hydroxyl groups is 1. The minimum Gasteiger partial charge on any atom is -0.458 e. The summed E-state index contributed by atoms with van der Waals surface area (Å²) in [7, 11) is 0. The van der Waals surface area contributed by atoms with Crippen molar-refractivity contribution in [2.75, 3.05) is 6.61 Å². The summed E-state index contributed by atoms with van der Waals surface area (Å²) >= 11 is 0. The Morgan fingerprint density at radius 1 is 1.07 bits per heavy atom. The Morgan fingerprint density at radius 2 is 1.85 bits per heavy atom. The summed E-state index contributed by atoms with van der Waals surface area (Å²) in [6.45, 7) is 3.93. The van der Waals surface area contributed by atoms with Gasteiger partial charge >= 0.3 is 5.97 Å². The second kappa shape index (κ2) is 15.2. The fraction of sp³-hybridized carbons (Fsp3) is 0.542. The molecule has 1 aromatic carbocycles. The normalized spacial score (nSPS) is 12.7. The molecule has 27 heavy (non-hydrogen) atoms. The van der Waals surface area contributed by atoms with Gasteiger partial charge in [0.2, 0.25) is 0 Å². The average Bonchev–Trinajstić information content (AvgIpc) is 2.66. The molecule has 0 aromatic heterocycles. The Morgan fingerprint density at radius 3 is 2.59 bits per heavy atom. The molecular weight excluding hydrogens is 336 g/mol. The number of benzene rings is 1. The summed E-state index contributed by atoms with van der Waals surface area (Å²) in [5.41, 5.74) is 2.55. The highest BCUT2D eigenvalue weighted by molar-refractivity contribution is 5.66. The first-order chi connectivity index (χ1) is 13.2. The van der Waals surface area contributed by atoms with Gasteiger partial charge in [-0.3, -0.25) is 4.79 Å². The SMILES string of the molecule is CCCCCC[C@@H](/C=C/C=C/c1ccccc1CCCCCO)OC(C)=O. The largest absolute Gasteiger partial charge is 0.458 e. The van der Waals surface area contributed by atoms with Gasteiger partial charge in [-0.1, -0.05) is 75.1 Å². The highest BCUT2D eigenvalue weighted by Gasteiger charge is 2.07. The number of carbonyl (C=O) groups is 1. The van der Waals surface area contributed by atoms with Crippen LogP contribution in [0.2, 0.25) is 0 Å². The molecular formula is C24H36O3. The van der Waals surface area contributed by atoms with Gasteiger partial charge in [-0.25, -0.2) is 0 Å². The van der Waals surface area contributed by atoms with E-state index in [1.807, 2.05) is 18.2 Å². The third-order valence-electron chi connectivity index (χ3n) is 4.53. The third-order valence-corrected chi connectivity index (χ3v) is 4.53. The monoisotopic (exact) mass is 372 g/mol. The molecule has 3 nitrogen and oxygen atoms in total. The van der Waals surface area contributed by atoms with Crippen molar-refractivity contribution in [3.05, 3.63) is 53.6 Å². The van der Waals surface area contributed by atoms with Crippen molar-refractivity contribution in [1.29, 1.82) is 0 Å².